The Labute approximate surface area is 125 Å². The molecule has 0 saturated heterocycles. The summed E-state index contributed by atoms with van der Waals surface area (Å²) in [6, 6.07) is 9.57. The van der Waals surface area contributed by atoms with E-state index in [1.807, 2.05) is 30.3 Å². The van der Waals surface area contributed by atoms with Gasteiger partial charge in [0, 0.05) is 7.11 Å². The van der Waals surface area contributed by atoms with E-state index in [0.29, 0.717) is 25.3 Å². The third kappa shape index (κ3) is 2.82. The number of benzene rings is 1. The van der Waals surface area contributed by atoms with Crippen molar-refractivity contribution in [2.75, 3.05) is 20.3 Å². The molecule has 0 radical (unpaired) electrons. The molecule has 0 aliphatic carbocycles. The monoisotopic (exact) mass is 301 g/mol. The highest BCUT2D eigenvalue weighted by molar-refractivity contribution is 5.77. The average molecular weight is 301 g/mol. The fraction of sp³-hybridized carbons (Fsp3) is 0.286. The second-order valence-corrected chi connectivity index (χ2v) is 4.63. The quantitative estimate of drug-likeness (QED) is 0.669. The van der Waals surface area contributed by atoms with Gasteiger partial charge in [-0.25, -0.2) is 4.68 Å². The topological polar surface area (TPSA) is 94.9 Å². The maximum atomic E-state index is 12.4. The molecule has 22 heavy (non-hydrogen) atoms. The lowest BCUT2D eigenvalue weighted by Gasteiger charge is -2.04. The summed E-state index contributed by atoms with van der Waals surface area (Å²) in [7, 11) is 1.58. The van der Waals surface area contributed by atoms with E-state index in [4.69, 9.17) is 9.47 Å². The minimum absolute atomic E-state index is 0.253. The first-order valence-corrected chi connectivity index (χ1v) is 6.77. The summed E-state index contributed by atoms with van der Waals surface area (Å²) in [5, 5.41) is 14.6. The number of methoxy groups -OCH3 is 1. The molecule has 2 aromatic heterocycles. The third-order valence-corrected chi connectivity index (χ3v) is 3.11. The van der Waals surface area contributed by atoms with Crippen molar-refractivity contribution in [3.8, 4) is 5.88 Å². The number of H-pyrrole nitrogens is 1. The van der Waals surface area contributed by atoms with Crippen molar-refractivity contribution in [3.63, 3.8) is 0 Å². The van der Waals surface area contributed by atoms with Crippen LogP contribution in [0.3, 0.4) is 0 Å². The van der Waals surface area contributed by atoms with Gasteiger partial charge in [-0.1, -0.05) is 35.5 Å². The number of rotatable bonds is 6. The van der Waals surface area contributed by atoms with Crippen LogP contribution in [0.1, 0.15) is 5.56 Å². The van der Waals surface area contributed by atoms with Gasteiger partial charge < -0.3 is 9.47 Å². The maximum absolute atomic E-state index is 12.4. The molecule has 0 saturated carbocycles. The maximum Gasteiger partial charge on any atom is 0.296 e. The Morgan fingerprint density at radius 1 is 1.23 bits per heavy atom. The van der Waals surface area contributed by atoms with Crippen molar-refractivity contribution in [2.45, 2.75) is 6.54 Å². The summed E-state index contributed by atoms with van der Waals surface area (Å²) < 4.78 is 11.6. The van der Waals surface area contributed by atoms with Crippen LogP contribution in [0.5, 0.6) is 5.88 Å². The standard InChI is InChI=1S/C14H15N5O3/c1-21-7-8-22-13-11-12(15-17-13)14(20)19(18-16-11)9-10-5-3-2-4-6-10/h2-6H,7-9H2,1H3,(H,15,17). The lowest BCUT2D eigenvalue weighted by molar-refractivity contribution is 0.144. The molecule has 8 nitrogen and oxygen atoms in total. The van der Waals surface area contributed by atoms with E-state index in [1.54, 1.807) is 7.11 Å². The van der Waals surface area contributed by atoms with Gasteiger partial charge in [0.05, 0.1) is 13.2 Å². The van der Waals surface area contributed by atoms with E-state index in [1.165, 1.54) is 4.68 Å². The van der Waals surface area contributed by atoms with Gasteiger partial charge in [0.15, 0.2) is 11.0 Å². The Hall–Kier alpha value is -2.74. The van der Waals surface area contributed by atoms with Crippen LogP contribution in [0.2, 0.25) is 0 Å². The second kappa shape index (κ2) is 6.35. The number of hydrogen-bond donors (Lipinski definition) is 1. The second-order valence-electron chi connectivity index (χ2n) is 4.63. The minimum Gasteiger partial charge on any atom is -0.473 e. The van der Waals surface area contributed by atoms with Gasteiger partial charge in [-0.05, 0) is 5.56 Å². The van der Waals surface area contributed by atoms with Gasteiger partial charge in [0.1, 0.15) is 6.61 Å². The van der Waals surface area contributed by atoms with Crippen LogP contribution in [-0.4, -0.2) is 45.5 Å². The van der Waals surface area contributed by atoms with E-state index in [-0.39, 0.29) is 17.0 Å². The van der Waals surface area contributed by atoms with E-state index in [0.717, 1.165) is 5.56 Å². The van der Waals surface area contributed by atoms with Crippen LogP contribution in [0, 0.1) is 0 Å². The Morgan fingerprint density at radius 2 is 2.05 bits per heavy atom. The van der Waals surface area contributed by atoms with E-state index in [9.17, 15) is 4.79 Å². The normalized spacial score (nSPS) is 11.0. The fourth-order valence-corrected chi connectivity index (χ4v) is 2.01. The molecule has 2 heterocycles. The molecule has 0 unspecified atom stereocenters. The highest BCUT2D eigenvalue weighted by atomic mass is 16.5. The molecule has 0 fully saturated rings. The summed E-state index contributed by atoms with van der Waals surface area (Å²) >= 11 is 0. The number of hydrogen-bond acceptors (Lipinski definition) is 6. The molecule has 1 N–H and O–H groups in total. The van der Waals surface area contributed by atoms with Crippen LogP contribution < -0.4 is 10.3 Å². The molecule has 0 aliphatic heterocycles. The highest BCUT2D eigenvalue weighted by Gasteiger charge is 2.14. The zero-order chi connectivity index (χ0) is 15.4. The van der Waals surface area contributed by atoms with Crippen molar-refractivity contribution in [3.05, 3.63) is 46.2 Å². The predicted molar refractivity (Wildman–Crippen MR) is 78.9 cm³/mol. The molecule has 0 amide bonds. The van der Waals surface area contributed by atoms with Gasteiger partial charge in [0.25, 0.3) is 11.4 Å². The van der Waals surface area contributed by atoms with Crippen LogP contribution >= 0.6 is 0 Å². The molecule has 0 atom stereocenters. The van der Waals surface area contributed by atoms with E-state index < -0.39 is 0 Å². The first-order valence-electron chi connectivity index (χ1n) is 6.77. The lowest BCUT2D eigenvalue weighted by atomic mass is 10.2. The minimum atomic E-state index is -0.289. The van der Waals surface area contributed by atoms with Gasteiger partial charge in [0.2, 0.25) is 0 Å². The molecule has 8 heteroatoms. The van der Waals surface area contributed by atoms with Crippen molar-refractivity contribution in [1.82, 2.24) is 25.2 Å². The van der Waals surface area contributed by atoms with Crippen molar-refractivity contribution >= 4 is 11.0 Å². The van der Waals surface area contributed by atoms with Crippen molar-refractivity contribution in [1.29, 1.82) is 0 Å². The molecule has 114 valence electrons. The first kappa shape index (κ1) is 14.2. The summed E-state index contributed by atoms with van der Waals surface area (Å²) in [5.41, 5.74) is 1.28. The summed E-state index contributed by atoms with van der Waals surface area (Å²) in [4.78, 5) is 12.4. The summed E-state index contributed by atoms with van der Waals surface area (Å²) in [6.07, 6.45) is 0. The number of ether oxygens (including phenoxy) is 2. The number of nitrogens with one attached hydrogen (secondary N) is 1. The van der Waals surface area contributed by atoms with Gasteiger partial charge in [-0.15, -0.1) is 10.2 Å². The predicted octanol–water partition coefficient (Wildman–Crippen LogP) is 0.588. The van der Waals surface area contributed by atoms with Gasteiger partial charge >= 0.3 is 0 Å². The van der Waals surface area contributed by atoms with E-state index >= 15 is 0 Å². The number of fused-ring (bicyclic) bond motifs is 1. The van der Waals surface area contributed by atoms with Crippen molar-refractivity contribution < 1.29 is 9.47 Å². The molecule has 0 bridgehead atoms. The molecule has 3 aromatic rings. The molecular formula is C14H15N5O3. The van der Waals surface area contributed by atoms with Crippen molar-refractivity contribution in [2.24, 2.45) is 0 Å². The SMILES string of the molecule is COCCOc1n[nH]c2c(=O)n(Cc3ccccc3)nnc12. The average Bonchev–Trinajstić information content (AvgIpc) is 2.95. The highest BCUT2D eigenvalue weighted by Crippen LogP contribution is 2.16. The fourth-order valence-electron chi connectivity index (χ4n) is 2.01. The largest absolute Gasteiger partial charge is 0.473 e. The number of aromatic amines is 1. The Bertz CT molecular complexity index is 812. The smallest absolute Gasteiger partial charge is 0.296 e. The number of nitrogens with zero attached hydrogens (tertiary/aromatic N) is 4. The van der Waals surface area contributed by atoms with Crippen LogP contribution in [-0.2, 0) is 11.3 Å². The van der Waals surface area contributed by atoms with E-state index in [2.05, 4.69) is 20.5 Å². The molecular weight excluding hydrogens is 286 g/mol. The summed E-state index contributed by atoms with van der Waals surface area (Å²) in [5.74, 6) is 0.253. The number of aromatic nitrogens is 5. The van der Waals surface area contributed by atoms with Gasteiger partial charge in [-0.2, -0.15) is 0 Å². The Kier molecular flexibility index (Phi) is 4.10. The molecule has 1 aromatic carbocycles. The molecule has 3 rings (SSSR count). The van der Waals surface area contributed by atoms with Gasteiger partial charge in [-0.3, -0.25) is 9.89 Å². The Balaban J connectivity index is 1.89. The van der Waals surface area contributed by atoms with Crippen LogP contribution in [0.15, 0.2) is 35.1 Å². The Morgan fingerprint density at radius 3 is 2.82 bits per heavy atom. The van der Waals surface area contributed by atoms with Crippen LogP contribution in [0.25, 0.3) is 11.0 Å². The molecule has 0 spiro atoms. The third-order valence-electron chi connectivity index (χ3n) is 3.11. The summed E-state index contributed by atoms with van der Waals surface area (Å²) in [6.45, 7) is 1.10. The zero-order valence-electron chi connectivity index (χ0n) is 12.0. The zero-order valence-corrected chi connectivity index (χ0v) is 12.0. The first-order chi connectivity index (χ1) is 10.8. The van der Waals surface area contributed by atoms with Crippen LogP contribution in [0.4, 0.5) is 0 Å². The lowest BCUT2D eigenvalue weighted by Crippen LogP contribution is -2.24. The molecule has 0 aliphatic rings.